The highest BCUT2D eigenvalue weighted by Crippen LogP contribution is 2.20. The van der Waals surface area contributed by atoms with Crippen molar-refractivity contribution in [2.45, 2.75) is 44.7 Å². The van der Waals surface area contributed by atoms with Crippen molar-refractivity contribution in [1.82, 2.24) is 4.90 Å². The van der Waals surface area contributed by atoms with Crippen LogP contribution in [0.4, 0.5) is 0 Å². The van der Waals surface area contributed by atoms with Crippen molar-refractivity contribution >= 4 is 0 Å². The highest BCUT2D eigenvalue weighted by Gasteiger charge is 2.33. The van der Waals surface area contributed by atoms with Gasteiger partial charge in [0.15, 0.2) is 0 Å². The molecule has 1 rings (SSSR count). The number of hydrogen-bond donors (Lipinski definition) is 1. The number of nitrogens with zero attached hydrogens (tertiary/aromatic N) is 1. The van der Waals surface area contributed by atoms with Crippen molar-refractivity contribution in [2.75, 3.05) is 40.0 Å². The van der Waals surface area contributed by atoms with Crippen LogP contribution in [-0.4, -0.2) is 56.5 Å². The lowest BCUT2D eigenvalue weighted by Gasteiger charge is -2.36. The number of nitrogens with two attached hydrogens (primary N) is 1. The van der Waals surface area contributed by atoms with Crippen LogP contribution in [-0.2, 0) is 9.47 Å². The zero-order valence-corrected chi connectivity index (χ0v) is 11.6. The molecule has 0 radical (unpaired) electrons. The Balaban J connectivity index is 2.55. The molecule has 1 heterocycles. The van der Waals surface area contributed by atoms with E-state index in [1.54, 1.807) is 7.11 Å². The fraction of sp³-hybridized carbons (Fsp3) is 1.00. The maximum absolute atomic E-state index is 6.37. The first-order valence-corrected chi connectivity index (χ1v) is 6.74. The Morgan fingerprint density at radius 1 is 1.41 bits per heavy atom. The van der Waals surface area contributed by atoms with Gasteiger partial charge < -0.3 is 15.2 Å². The average molecular weight is 244 g/mol. The van der Waals surface area contributed by atoms with Gasteiger partial charge in [0.1, 0.15) is 0 Å². The van der Waals surface area contributed by atoms with E-state index in [1.165, 1.54) is 0 Å². The summed E-state index contributed by atoms with van der Waals surface area (Å²) in [5.74, 6) is 0. The Bertz CT molecular complexity index is 202. The van der Waals surface area contributed by atoms with E-state index in [9.17, 15) is 0 Å². The maximum atomic E-state index is 6.37. The van der Waals surface area contributed by atoms with Gasteiger partial charge in [0, 0.05) is 32.8 Å². The molecule has 0 spiro atoms. The van der Waals surface area contributed by atoms with Gasteiger partial charge in [-0.3, -0.25) is 4.90 Å². The van der Waals surface area contributed by atoms with Gasteiger partial charge in [-0.1, -0.05) is 13.8 Å². The second kappa shape index (κ2) is 7.31. The monoisotopic (exact) mass is 244 g/mol. The molecule has 0 saturated carbocycles. The summed E-state index contributed by atoms with van der Waals surface area (Å²) in [6, 6.07) is 0.603. The highest BCUT2D eigenvalue weighted by molar-refractivity contribution is 4.92. The van der Waals surface area contributed by atoms with Gasteiger partial charge in [-0.15, -0.1) is 0 Å². The molecule has 0 aromatic heterocycles. The Morgan fingerprint density at radius 2 is 2.12 bits per heavy atom. The molecule has 2 N–H and O–H groups in total. The van der Waals surface area contributed by atoms with Crippen molar-refractivity contribution in [3.8, 4) is 0 Å². The smallest absolute Gasteiger partial charge is 0.0659 e. The standard InChI is InChI=1S/C13H28N2O2/c1-4-12(5-2)15(7-9-16-3)10-13(14)6-8-17-11-13/h12H,4-11,14H2,1-3H3. The van der Waals surface area contributed by atoms with Crippen molar-refractivity contribution in [1.29, 1.82) is 0 Å². The predicted octanol–water partition coefficient (Wildman–Crippen LogP) is 1.24. The Kier molecular flexibility index (Phi) is 6.41. The topological polar surface area (TPSA) is 47.7 Å². The fourth-order valence-electron chi connectivity index (χ4n) is 2.56. The second-order valence-corrected chi connectivity index (χ2v) is 5.10. The van der Waals surface area contributed by atoms with Crippen LogP contribution in [0.25, 0.3) is 0 Å². The minimum atomic E-state index is -0.156. The zero-order chi connectivity index (χ0) is 12.7. The largest absolute Gasteiger partial charge is 0.383 e. The molecule has 1 aliphatic rings. The van der Waals surface area contributed by atoms with E-state index in [0.29, 0.717) is 12.6 Å². The van der Waals surface area contributed by atoms with Crippen LogP contribution in [0.2, 0.25) is 0 Å². The second-order valence-electron chi connectivity index (χ2n) is 5.10. The van der Waals surface area contributed by atoms with Crippen molar-refractivity contribution in [3.05, 3.63) is 0 Å². The molecular formula is C13H28N2O2. The van der Waals surface area contributed by atoms with Crippen LogP contribution in [0.15, 0.2) is 0 Å². The van der Waals surface area contributed by atoms with Gasteiger partial charge in [0.2, 0.25) is 0 Å². The lowest BCUT2D eigenvalue weighted by Crippen LogP contribution is -2.54. The molecular weight excluding hydrogens is 216 g/mol. The predicted molar refractivity (Wildman–Crippen MR) is 70.2 cm³/mol. The first-order valence-electron chi connectivity index (χ1n) is 6.74. The van der Waals surface area contributed by atoms with Crippen LogP contribution in [0.1, 0.15) is 33.1 Å². The van der Waals surface area contributed by atoms with Gasteiger partial charge in [0.25, 0.3) is 0 Å². The van der Waals surface area contributed by atoms with Crippen molar-refractivity contribution < 1.29 is 9.47 Å². The van der Waals surface area contributed by atoms with Gasteiger partial charge in [-0.05, 0) is 19.3 Å². The summed E-state index contributed by atoms with van der Waals surface area (Å²) in [6.45, 7) is 8.62. The van der Waals surface area contributed by atoms with Crippen molar-refractivity contribution in [2.24, 2.45) is 5.73 Å². The van der Waals surface area contributed by atoms with Gasteiger partial charge in [-0.25, -0.2) is 0 Å². The number of hydrogen-bond acceptors (Lipinski definition) is 4. The van der Waals surface area contributed by atoms with Gasteiger partial charge >= 0.3 is 0 Å². The van der Waals surface area contributed by atoms with E-state index in [1.807, 2.05) is 0 Å². The Morgan fingerprint density at radius 3 is 2.59 bits per heavy atom. The van der Waals surface area contributed by atoms with E-state index in [4.69, 9.17) is 15.2 Å². The molecule has 0 amide bonds. The third-order valence-corrected chi connectivity index (χ3v) is 3.69. The summed E-state index contributed by atoms with van der Waals surface area (Å²) in [6.07, 6.45) is 3.30. The lowest BCUT2D eigenvalue weighted by atomic mass is 9.97. The fourth-order valence-corrected chi connectivity index (χ4v) is 2.56. The summed E-state index contributed by atoms with van der Waals surface area (Å²) < 4.78 is 10.6. The van der Waals surface area contributed by atoms with E-state index >= 15 is 0 Å². The Labute approximate surface area is 105 Å². The van der Waals surface area contributed by atoms with E-state index in [0.717, 1.165) is 45.6 Å². The normalized spacial score (nSPS) is 25.1. The molecule has 0 aliphatic carbocycles. The SMILES string of the molecule is CCC(CC)N(CCOC)CC1(N)CCOC1. The average Bonchev–Trinajstić information content (AvgIpc) is 2.74. The molecule has 0 aromatic carbocycles. The molecule has 4 heteroatoms. The summed E-state index contributed by atoms with van der Waals surface area (Å²) in [5, 5.41) is 0. The quantitative estimate of drug-likeness (QED) is 0.698. The van der Waals surface area contributed by atoms with Crippen LogP contribution < -0.4 is 5.73 Å². The van der Waals surface area contributed by atoms with Crippen LogP contribution >= 0.6 is 0 Å². The van der Waals surface area contributed by atoms with E-state index in [2.05, 4.69) is 18.7 Å². The summed E-state index contributed by atoms with van der Waals surface area (Å²) >= 11 is 0. The molecule has 1 aliphatic heterocycles. The van der Waals surface area contributed by atoms with Crippen LogP contribution in [0, 0.1) is 0 Å². The molecule has 0 aromatic rings. The number of rotatable bonds is 8. The van der Waals surface area contributed by atoms with Crippen LogP contribution in [0.5, 0.6) is 0 Å². The summed E-state index contributed by atoms with van der Waals surface area (Å²) in [4.78, 5) is 2.47. The van der Waals surface area contributed by atoms with Crippen LogP contribution in [0.3, 0.4) is 0 Å². The molecule has 0 bridgehead atoms. The third kappa shape index (κ3) is 4.54. The van der Waals surface area contributed by atoms with E-state index in [-0.39, 0.29) is 5.54 Å². The van der Waals surface area contributed by atoms with Gasteiger partial charge in [0.05, 0.1) is 18.8 Å². The number of ether oxygens (including phenoxy) is 2. The molecule has 17 heavy (non-hydrogen) atoms. The lowest BCUT2D eigenvalue weighted by molar-refractivity contribution is 0.0876. The Hall–Kier alpha value is -0.160. The van der Waals surface area contributed by atoms with E-state index < -0.39 is 0 Å². The molecule has 1 unspecified atom stereocenters. The number of methoxy groups -OCH3 is 1. The molecule has 1 saturated heterocycles. The molecule has 1 atom stereocenters. The summed E-state index contributed by atoms with van der Waals surface area (Å²) in [5.41, 5.74) is 6.22. The molecule has 4 nitrogen and oxygen atoms in total. The first kappa shape index (κ1) is 14.9. The summed E-state index contributed by atoms with van der Waals surface area (Å²) in [7, 11) is 1.75. The minimum Gasteiger partial charge on any atom is -0.383 e. The van der Waals surface area contributed by atoms with Crippen molar-refractivity contribution in [3.63, 3.8) is 0 Å². The first-order chi connectivity index (χ1) is 8.15. The zero-order valence-electron chi connectivity index (χ0n) is 11.6. The molecule has 102 valence electrons. The molecule has 1 fully saturated rings. The maximum Gasteiger partial charge on any atom is 0.0659 e. The highest BCUT2D eigenvalue weighted by atomic mass is 16.5. The minimum absolute atomic E-state index is 0.156. The van der Waals surface area contributed by atoms with Gasteiger partial charge in [-0.2, -0.15) is 0 Å². The third-order valence-electron chi connectivity index (χ3n) is 3.69.